The highest BCUT2D eigenvalue weighted by Crippen LogP contribution is 2.32. The zero-order valence-corrected chi connectivity index (χ0v) is 16.1. The van der Waals surface area contributed by atoms with Gasteiger partial charge in [0.15, 0.2) is 11.7 Å². The number of aryl methyl sites for hydroxylation is 1. The summed E-state index contributed by atoms with van der Waals surface area (Å²) < 4.78 is 70.3. The molecule has 0 radical (unpaired) electrons. The molecule has 0 aliphatic carbocycles. The predicted molar refractivity (Wildman–Crippen MR) is 102 cm³/mol. The van der Waals surface area contributed by atoms with Crippen LogP contribution in [0, 0.1) is 11.6 Å². The van der Waals surface area contributed by atoms with Gasteiger partial charge in [0.2, 0.25) is 5.91 Å². The van der Waals surface area contributed by atoms with Gasteiger partial charge in [-0.3, -0.25) is 4.79 Å². The van der Waals surface area contributed by atoms with Gasteiger partial charge in [-0.1, -0.05) is 18.2 Å². The summed E-state index contributed by atoms with van der Waals surface area (Å²) in [6.07, 6.45) is -3.21. The normalized spacial score (nSPS) is 11.5. The predicted octanol–water partition coefficient (Wildman–Crippen LogP) is 5.85. The van der Waals surface area contributed by atoms with E-state index < -0.39 is 29.5 Å². The summed E-state index contributed by atoms with van der Waals surface area (Å²) in [5.41, 5.74) is -0.0883. The molecule has 4 nitrogen and oxygen atoms in total. The zero-order valence-electron chi connectivity index (χ0n) is 15.3. The highest BCUT2D eigenvalue weighted by molar-refractivity contribution is 7.99. The Labute approximate surface area is 172 Å². The number of nitrogens with zero attached hydrogens (tertiary/aromatic N) is 1. The van der Waals surface area contributed by atoms with Gasteiger partial charge in [-0.25, -0.2) is 13.8 Å². The van der Waals surface area contributed by atoms with E-state index in [1.165, 1.54) is 18.2 Å². The molecule has 0 spiro atoms. The van der Waals surface area contributed by atoms with Gasteiger partial charge in [0, 0.05) is 17.7 Å². The highest BCUT2D eigenvalue weighted by atomic mass is 32.2. The SMILES string of the molecule is O=C(CCc1ncc(-c2c(F)cccc2F)o1)Nc1ccccc1SCC(F)(F)F. The van der Waals surface area contributed by atoms with Crippen molar-refractivity contribution in [2.75, 3.05) is 11.1 Å². The molecule has 30 heavy (non-hydrogen) atoms. The first-order valence-electron chi connectivity index (χ1n) is 8.70. The van der Waals surface area contributed by atoms with Crippen LogP contribution in [0.1, 0.15) is 12.3 Å². The van der Waals surface area contributed by atoms with E-state index in [0.29, 0.717) is 11.8 Å². The summed E-state index contributed by atoms with van der Waals surface area (Å²) in [4.78, 5) is 16.4. The van der Waals surface area contributed by atoms with Crippen molar-refractivity contribution in [2.24, 2.45) is 0 Å². The monoisotopic (exact) mass is 442 g/mol. The molecule has 0 fully saturated rings. The van der Waals surface area contributed by atoms with Crippen LogP contribution in [0.3, 0.4) is 0 Å². The first-order chi connectivity index (χ1) is 14.2. The quantitative estimate of drug-likeness (QED) is 0.369. The van der Waals surface area contributed by atoms with Gasteiger partial charge in [0.25, 0.3) is 0 Å². The maximum absolute atomic E-state index is 13.8. The molecule has 0 aliphatic heterocycles. The van der Waals surface area contributed by atoms with Crippen LogP contribution in [0.5, 0.6) is 0 Å². The van der Waals surface area contributed by atoms with Crippen molar-refractivity contribution in [1.29, 1.82) is 0 Å². The molecule has 0 saturated carbocycles. The van der Waals surface area contributed by atoms with Crippen LogP contribution in [-0.4, -0.2) is 22.8 Å². The second-order valence-corrected chi connectivity index (χ2v) is 7.18. The summed E-state index contributed by atoms with van der Waals surface area (Å²) in [5.74, 6) is -3.15. The fourth-order valence-corrected chi connectivity index (χ4v) is 3.33. The van der Waals surface area contributed by atoms with E-state index in [2.05, 4.69) is 10.3 Å². The second-order valence-electron chi connectivity index (χ2n) is 6.16. The van der Waals surface area contributed by atoms with E-state index in [1.807, 2.05) is 0 Å². The average Bonchev–Trinajstić information content (AvgIpc) is 3.13. The fraction of sp³-hybridized carbons (Fsp3) is 0.200. The van der Waals surface area contributed by atoms with Gasteiger partial charge in [0.1, 0.15) is 11.6 Å². The van der Waals surface area contributed by atoms with Gasteiger partial charge in [0.05, 0.1) is 23.2 Å². The number of hydrogen-bond donors (Lipinski definition) is 1. The number of para-hydroxylation sites is 1. The molecule has 1 N–H and O–H groups in total. The number of rotatable bonds is 7. The number of halogens is 5. The van der Waals surface area contributed by atoms with E-state index in [0.717, 1.165) is 18.3 Å². The van der Waals surface area contributed by atoms with E-state index in [4.69, 9.17) is 4.42 Å². The van der Waals surface area contributed by atoms with Gasteiger partial charge in [-0.15, -0.1) is 11.8 Å². The third kappa shape index (κ3) is 5.82. The standard InChI is InChI=1S/C20H15F5N2O2S/c21-12-4-3-5-13(22)19(12)15-10-26-18(29-15)9-8-17(28)27-14-6-1-2-7-16(14)30-11-20(23,24)25/h1-7,10H,8-9,11H2,(H,27,28). The molecule has 3 rings (SSSR count). The number of benzene rings is 2. The minimum Gasteiger partial charge on any atom is -0.441 e. The van der Waals surface area contributed by atoms with E-state index in [1.54, 1.807) is 12.1 Å². The van der Waals surface area contributed by atoms with E-state index in [-0.39, 0.29) is 40.6 Å². The molecule has 3 aromatic rings. The van der Waals surface area contributed by atoms with Gasteiger partial charge in [-0.2, -0.15) is 13.2 Å². The Hall–Kier alpha value is -2.88. The summed E-state index contributed by atoms with van der Waals surface area (Å²) in [6, 6.07) is 9.54. The Kier molecular flexibility index (Phi) is 6.76. The van der Waals surface area contributed by atoms with Crippen molar-refractivity contribution in [1.82, 2.24) is 4.98 Å². The number of hydrogen-bond acceptors (Lipinski definition) is 4. The van der Waals surface area contributed by atoms with Crippen molar-refractivity contribution in [2.45, 2.75) is 23.9 Å². The molecule has 0 atom stereocenters. The molecule has 1 amide bonds. The second kappa shape index (κ2) is 9.29. The first-order valence-corrected chi connectivity index (χ1v) is 9.69. The third-order valence-electron chi connectivity index (χ3n) is 3.88. The molecule has 0 aliphatic rings. The highest BCUT2D eigenvalue weighted by Gasteiger charge is 2.27. The van der Waals surface area contributed by atoms with Crippen LogP contribution in [-0.2, 0) is 11.2 Å². The van der Waals surface area contributed by atoms with Gasteiger partial charge in [-0.05, 0) is 24.3 Å². The summed E-state index contributed by atoms with van der Waals surface area (Å²) in [7, 11) is 0. The minimum atomic E-state index is -4.33. The molecule has 0 unspecified atom stereocenters. The number of anilines is 1. The number of amides is 1. The Bertz CT molecular complexity index is 1020. The van der Waals surface area contributed by atoms with Crippen LogP contribution in [0.25, 0.3) is 11.3 Å². The number of carbonyl (C=O) groups excluding carboxylic acids is 1. The van der Waals surface area contributed by atoms with Gasteiger partial charge < -0.3 is 9.73 Å². The number of carbonyl (C=O) groups is 1. The Balaban J connectivity index is 1.61. The number of thioether (sulfide) groups is 1. The lowest BCUT2D eigenvalue weighted by Crippen LogP contribution is -2.14. The molecule has 10 heteroatoms. The lowest BCUT2D eigenvalue weighted by Gasteiger charge is -2.11. The number of oxazole rings is 1. The zero-order chi connectivity index (χ0) is 21.7. The van der Waals surface area contributed by atoms with Crippen LogP contribution < -0.4 is 5.32 Å². The number of aromatic nitrogens is 1. The topological polar surface area (TPSA) is 55.1 Å². The summed E-state index contributed by atoms with van der Waals surface area (Å²) >= 11 is 0.572. The third-order valence-corrected chi connectivity index (χ3v) is 5.02. The van der Waals surface area contributed by atoms with Crippen molar-refractivity contribution >= 4 is 23.4 Å². The summed E-state index contributed by atoms with van der Waals surface area (Å²) in [5, 5.41) is 2.56. The fourth-order valence-electron chi connectivity index (χ4n) is 2.56. The molecule has 1 aromatic heterocycles. The van der Waals surface area contributed by atoms with E-state index >= 15 is 0 Å². The van der Waals surface area contributed by atoms with Crippen LogP contribution in [0.4, 0.5) is 27.6 Å². The Morgan fingerprint density at radius 2 is 1.77 bits per heavy atom. The maximum atomic E-state index is 13.8. The van der Waals surface area contributed by atoms with Crippen molar-refractivity contribution < 1.29 is 31.2 Å². The number of alkyl halides is 3. The molecule has 158 valence electrons. The van der Waals surface area contributed by atoms with Crippen molar-refractivity contribution in [3.8, 4) is 11.3 Å². The Morgan fingerprint density at radius 3 is 2.47 bits per heavy atom. The number of nitrogens with one attached hydrogen (secondary N) is 1. The van der Waals surface area contributed by atoms with Crippen molar-refractivity contribution in [3.63, 3.8) is 0 Å². The van der Waals surface area contributed by atoms with Gasteiger partial charge >= 0.3 is 6.18 Å². The van der Waals surface area contributed by atoms with E-state index in [9.17, 15) is 26.7 Å². The largest absolute Gasteiger partial charge is 0.441 e. The molecule has 1 heterocycles. The lowest BCUT2D eigenvalue weighted by atomic mass is 10.1. The minimum absolute atomic E-state index is 0.0414. The molecule has 0 bridgehead atoms. The molecule has 2 aromatic carbocycles. The lowest BCUT2D eigenvalue weighted by molar-refractivity contribution is -0.116. The van der Waals surface area contributed by atoms with Crippen LogP contribution in [0.15, 0.2) is 58.0 Å². The maximum Gasteiger partial charge on any atom is 0.398 e. The van der Waals surface area contributed by atoms with Crippen LogP contribution >= 0.6 is 11.8 Å². The summed E-state index contributed by atoms with van der Waals surface area (Å²) in [6.45, 7) is 0. The molecular weight excluding hydrogens is 427 g/mol. The Morgan fingerprint density at radius 1 is 1.07 bits per heavy atom. The smallest absolute Gasteiger partial charge is 0.398 e. The first kappa shape index (κ1) is 21.8. The molecular formula is C20H15F5N2O2S. The average molecular weight is 442 g/mol. The van der Waals surface area contributed by atoms with Crippen molar-refractivity contribution in [3.05, 3.63) is 66.2 Å². The molecule has 0 saturated heterocycles. The van der Waals surface area contributed by atoms with Crippen LogP contribution in [0.2, 0.25) is 0 Å².